The highest BCUT2D eigenvalue weighted by Gasteiger charge is 2.42. The van der Waals surface area contributed by atoms with Crippen molar-refractivity contribution in [2.45, 2.75) is 63.9 Å². The Hall–Kier alpha value is -3.33. The zero-order valence-corrected chi connectivity index (χ0v) is 25.7. The van der Waals surface area contributed by atoms with Crippen molar-refractivity contribution >= 4 is 31.0 Å². The quantitative estimate of drug-likeness (QED) is 0.127. The molecule has 2 atom stereocenters. The van der Waals surface area contributed by atoms with Gasteiger partial charge >= 0.3 is 5.97 Å². The molecule has 0 radical (unpaired) electrons. The number of hydrogen-bond donors (Lipinski definition) is 0. The lowest BCUT2D eigenvalue weighted by atomic mass is 9.90. The first kappa shape index (κ1) is 30.6. The van der Waals surface area contributed by atoms with Gasteiger partial charge in [0, 0.05) is 24.5 Å². The second-order valence-electron chi connectivity index (χ2n) is 10.5. The van der Waals surface area contributed by atoms with Crippen molar-refractivity contribution in [1.29, 1.82) is 0 Å². The lowest BCUT2D eigenvalue weighted by molar-refractivity contribution is -0.131. The summed E-state index contributed by atoms with van der Waals surface area (Å²) in [6.45, 7) is 8.16. The molecule has 0 amide bonds. The summed E-state index contributed by atoms with van der Waals surface area (Å²) in [5.74, 6) is 0.592. The van der Waals surface area contributed by atoms with E-state index < -0.39 is 20.5 Å². The summed E-state index contributed by atoms with van der Waals surface area (Å²) < 4.78 is 18.2. The van der Waals surface area contributed by atoms with Crippen molar-refractivity contribution in [2.75, 3.05) is 26.8 Å². The molecule has 1 aliphatic rings. The van der Waals surface area contributed by atoms with Gasteiger partial charge in [0.05, 0.1) is 30.3 Å². The summed E-state index contributed by atoms with van der Waals surface area (Å²) >= 11 is 0. The van der Waals surface area contributed by atoms with Crippen molar-refractivity contribution in [3.8, 4) is 5.75 Å². The maximum absolute atomic E-state index is 13.7. The number of pyridine rings is 1. The summed E-state index contributed by atoms with van der Waals surface area (Å²) in [6, 6.07) is 19.4. The van der Waals surface area contributed by atoms with E-state index in [1.165, 1.54) is 0 Å². The average Bonchev–Trinajstić information content (AvgIpc) is 3.02. The second-order valence-corrected chi connectivity index (χ2v) is 15.2. The fourth-order valence-corrected chi connectivity index (χ4v) is 8.46. The van der Waals surface area contributed by atoms with Gasteiger partial charge in [-0.15, -0.1) is 0 Å². The van der Waals surface area contributed by atoms with Crippen LogP contribution in [0.25, 0.3) is 10.9 Å². The molecule has 1 aromatic heterocycles. The van der Waals surface area contributed by atoms with Crippen LogP contribution in [0.4, 0.5) is 0 Å². The van der Waals surface area contributed by atoms with E-state index in [2.05, 4.69) is 30.7 Å². The number of rotatable bonds is 13. The molecule has 0 spiro atoms. The van der Waals surface area contributed by atoms with E-state index in [1.807, 2.05) is 60.8 Å². The van der Waals surface area contributed by atoms with E-state index >= 15 is 0 Å². The maximum Gasteiger partial charge on any atom is 0.338 e. The molecule has 8 heteroatoms. The summed E-state index contributed by atoms with van der Waals surface area (Å²) in [7, 11) is -0.454. The molecule has 41 heavy (non-hydrogen) atoms. The van der Waals surface area contributed by atoms with Crippen LogP contribution >= 0.6 is 0 Å². The third-order valence-electron chi connectivity index (χ3n) is 8.30. The zero-order valence-electron chi connectivity index (χ0n) is 24.7. The van der Waals surface area contributed by atoms with Gasteiger partial charge in [-0.05, 0) is 79.1 Å². The van der Waals surface area contributed by atoms with Crippen molar-refractivity contribution in [3.63, 3.8) is 0 Å². The van der Waals surface area contributed by atoms with Gasteiger partial charge < -0.3 is 13.9 Å². The number of aromatic nitrogens is 1. The Morgan fingerprint density at radius 3 is 2.54 bits per heavy atom. The standard InChI is InChI=1S/C33H42N2O5Si/c1-5-41(6-2,7-3)40-32(27-19-20-34-29-18-17-26(38-4)24-28(27)29)31-30(36)16-13-22-35(31)21-11-12-23-39-33(37)25-14-9-8-10-15-25/h8-12,14-15,17-20,24,31-32H,5-7,13,16,21-23H2,1-4H3/b12-11+/t31-,32+/m0/s1. The lowest BCUT2D eigenvalue weighted by Crippen LogP contribution is -2.52. The van der Waals surface area contributed by atoms with Crippen molar-refractivity contribution in [1.82, 2.24) is 9.88 Å². The number of nitrogens with zero attached hydrogens (tertiary/aromatic N) is 2. The van der Waals surface area contributed by atoms with Crippen molar-refractivity contribution < 1.29 is 23.5 Å². The van der Waals surface area contributed by atoms with Crippen LogP contribution in [0.1, 0.15) is 55.6 Å². The fraction of sp³-hybridized carbons (Fsp3) is 0.424. The Kier molecular flexibility index (Phi) is 10.8. The lowest BCUT2D eigenvalue weighted by Gasteiger charge is -2.43. The van der Waals surface area contributed by atoms with E-state index in [9.17, 15) is 9.59 Å². The highest BCUT2D eigenvalue weighted by atomic mass is 28.4. The number of fused-ring (bicyclic) bond motifs is 1. The first-order chi connectivity index (χ1) is 19.9. The number of piperidine rings is 1. The zero-order chi connectivity index (χ0) is 29.2. The van der Waals surface area contributed by atoms with Crippen LogP contribution < -0.4 is 4.74 Å². The Morgan fingerprint density at radius 1 is 1.07 bits per heavy atom. The number of esters is 1. The normalized spacial score (nSPS) is 17.2. The van der Waals surface area contributed by atoms with E-state index in [-0.39, 0.29) is 18.4 Å². The van der Waals surface area contributed by atoms with Crippen LogP contribution in [0, 0.1) is 0 Å². The molecule has 0 unspecified atom stereocenters. The van der Waals surface area contributed by atoms with Crippen LogP contribution in [0.15, 0.2) is 72.9 Å². The van der Waals surface area contributed by atoms with Crippen LogP contribution in [0.3, 0.4) is 0 Å². The monoisotopic (exact) mass is 574 g/mol. The number of carbonyl (C=O) groups is 2. The molecule has 1 aliphatic heterocycles. The fourth-order valence-electron chi connectivity index (χ4n) is 5.66. The predicted octanol–water partition coefficient (Wildman–Crippen LogP) is 6.75. The highest BCUT2D eigenvalue weighted by Crippen LogP contribution is 2.39. The third kappa shape index (κ3) is 7.31. The minimum absolute atomic E-state index is 0.173. The van der Waals surface area contributed by atoms with Crippen LogP contribution in [0.2, 0.25) is 18.1 Å². The molecular formula is C33H42N2O5Si. The summed E-state index contributed by atoms with van der Waals surface area (Å²) in [4.78, 5) is 32.8. The molecule has 2 aromatic carbocycles. The minimum Gasteiger partial charge on any atom is -0.497 e. The summed E-state index contributed by atoms with van der Waals surface area (Å²) in [6.07, 6.45) is 6.57. The Morgan fingerprint density at radius 2 is 1.83 bits per heavy atom. The van der Waals surface area contributed by atoms with Crippen LogP contribution in [-0.2, 0) is 14.0 Å². The van der Waals surface area contributed by atoms with E-state index in [0.717, 1.165) is 53.3 Å². The predicted molar refractivity (Wildman–Crippen MR) is 165 cm³/mol. The molecule has 0 N–H and O–H groups in total. The molecule has 0 saturated carbocycles. The van der Waals surface area contributed by atoms with Crippen LogP contribution in [-0.4, -0.2) is 62.8 Å². The Bertz CT molecular complexity index is 1330. The smallest absolute Gasteiger partial charge is 0.338 e. The molecule has 2 heterocycles. The van der Waals surface area contributed by atoms with Crippen LogP contribution in [0.5, 0.6) is 5.75 Å². The van der Waals surface area contributed by atoms with Gasteiger partial charge in [0.1, 0.15) is 12.4 Å². The molecule has 1 fully saturated rings. The number of ketones is 1. The minimum atomic E-state index is -2.11. The highest BCUT2D eigenvalue weighted by molar-refractivity contribution is 6.73. The molecule has 1 saturated heterocycles. The topological polar surface area (TPSA) is 78.0 Å². The molecule has 4 rings (SSSR count). The molecule has 218 valence electrons. The molecule has 0 bridgehead atoms. The number of Topliss-reactive ketones (excluding diaryl/α,β-unsaturated/α-hetero) is 1. The van der Waals surface area contributed by atoms with E-state index in [4.69, 9.17) is 13.9 Å². The van der Waals surface area contributed by atoms with Gasteiger partial charge in [0.15, 0.2) is 14.1 Å². The van der Waals surface area contributed by atoms with Gasteiger partial charge in [-0.1, -0.05) is 45.0 Å². The van der Waals surface area contributed by atoms with Crippen molar-refractivity contribution in [2.24, 2.45) is 0 Å². The SMILES string of the molecule is CC[Si](CC)(CC)O[C@H](c1ccnc2ccc(OC)cc12)[C@@H]1C(=O)CCCN1C/C=C/COC(=O)c1ccccc1. The second kappa shape index (κ2) is 14.5. The molecular weight excluding hydrogens is 532 g/mol. The number of benzene rings is 2. The Balaban J connectivity index is 1.63. The third-order valence-corrected chi connectivity index (χ3v) is 12.9. The Labute approximate surface area is 244 Å². The number of likely N-dealkylation sites (tertiary alicyclic amines) is 1. The van der Waals surface area contributed by atoms with Gasteiger partial charge in [0.25, 0.3) is 0 Å². The van der Waals surface area contributed by atoms with Crippen molar-refractivity contribution in [3.05, 3.63) is 84.1 Å². The van der Waals surface area contributed by atoms with E-state index in [1.54, 1.807) is 19.2 Å². The van der Waals surface area contributed by atoms with Gasteiger partial charge in [-0.25, -0.2) is 4.79 Å². The summed E-state index contributed by atoms with van der Waals surface area (Å²) in [5.41, 5.74) is 2.36. The average molecular weight is 575 g/mol. The van der Waals surface area contributed by atoms with Gasteiger partial charge in [-0.2, -0.15) is 0 Å². The number of methoxy groups -OCH3 is 1. The number of carbonyl (C=O) groups excluding carboxylic acids is 2. The summed E-state index contributed by atoms with van der Waals surface area (Å²) in [5, 5.41) is 0.949. The number of hydrogen-bond acceptors (Lipinski definition) is 7. The molecule has 3 aromatic rings. The van der Waals surface area contributed by atoms with E-state index in [0.29, 0.717) is 18.5 Å². The molecule has 0 aliphatic carbocycles. The first-order valence-electron chi connectivity index (χ1n) is 14.7. The largest absolute Gasteiger partial charge is 0.497 e. The molecule has 7 nitrogen and oxygen atoms in total. The maximum atomic E-state index is 13.7. The number of ether oxygens (including phenoxy) is 2. The van der Waals surface area contributed by atoms with Gasteiger partial charge in [-0.3, -0.25) is 14.7 Å². The first-order valence-corrected chi connectivity index (χ1v) is 17.2. The van der Waals surface area contributed by atoms with Gasteiger partial charge in [0.2, 0.25) is 0 Å².